The van der Waals surface area contributed by atoms with E-state index in [1.807, 2.05) is 18.2 Å². The summed E-state index contributed by atoms with van der Waals surface area (Å²) in [6, 6.07) is 59.6. The van der Waals surface area contributed by atoms with E-state index in [0.29, 0.717) is 0 Å². The average molecular weight is 644 g/mol. The molecule has 0 saturated heterocycles. The Labute approximate surface area is 288 Å². The molecule has 1 aliphatic heterocycles. The number of aliphatic imine (C=N–C) groups is 1. The van der Waals surface area contributed by atoms with Crippen molar-refractivity contribution in [3.63, 3.8) is 0 Å². The summed E-state index contributed by atoms with van der Waals surface area (Å²) in [5, 5.41) is 8.37. The maximum Gasteiger partial charge on any atom is 0.330 e. The summed E-state index contributed by atoms with van der Waals surface area (Å²) in [5.41, 5.74) is 10.7. The third-order valence-electron chi connectivity index (χ3n) is 9.74. The van der Waals surface area contributed by atoms with Crippen LogP contribution >= 0.6 is 0 Å². The van der Waals surface area contributed by atoms with Gasteiger partial charge in [0.15, 0.2) is 6.17 Å². The molecule has 0 fully saturated rings. The molecule has 0 aliphatic carbocycles. The number of hydrogen-bond donors (Lipinski definition) is 2. The molecule has 0 saturated carbocycles. The maximum atomic E-state index is 6.23. The monoisotopic (exact) mass is 643 g/mol. The number of fused-ring (bicyclic) bond motifs is 6. The Morgan fingerprint density at radius 1 is 0.480 bits per heavy atom. The minimum Gasteiger partial charge on any atom is -0.456 e. The molecule has 2 aromatic heterocycles. The zero-order valence-corrected chi connectivity index (χ0v) is 27.0. The molecule has 5 nitrogen and oxygen atoms in total. The van der Waals surface area contributed by atoms with Crippen molar-refractivity contribution in [2.75, 3.05) is 0 Å². The third-order valence-corrected chi connectivity index (χ3v) is 9.74. The maximum absolute atomic E-state index is 6.23. The Morgan fingerprint density at radius 2 is 1.12 bits per heavy atom. The number of hydrogen-bond acceptors (Lipinski definition) is 3. The lowest BCUT2D eigenvalue weighted by Gasteiger charge is -2.19. The predicted octanol–water partition coefficient (Wildman–Crippen LogP) is 9.06. The lowest BCUT2D eigenvalue weighted by atomic mass is 10.0. The van der Waals surface area contributed by atoms with Gasteiger partial charge in [-0.1, -0.05) is 121 Å². The largest absolute Gasteiger partial charge is 0.456 e. The number of benzene rings is 7. The molecule has 0 spiro atoms. The lowest BCUT2D eigenvalue weighted by molar-refractivity contribution is -0.516. The van der Waals surface area contributed by atoms with Crippen LogP contribution in [0.15, 0.2) is 179 Å². The number of nitrogens with one attached hydrogen (secondary N) is 2. The standard InChI is InChI=1S/C45H30N4O/c1-3-12-29(13-4-1)32-23-25-40-38(27-32)35-18-7-9-20-39(35)49(40)45-47-43(30-14-5-2-6-15-30)46-44(48-45)34-17-11-16-31(26-34)33-22-24-37-36-19-8-10-21-41(36)50-42(37)28-33/h1-28,43H,(H,46,47,48)/p+1. The molecule has 1 unspecified atom stereocenters. The summed E-state index contributed by atoms with van der Waals surface area (Å²) in [5.74, 6) is 1.56. The number of nitrogens with zero attached hydrogens (tertiary/aromatic N) is 2. The first-order valence-corrected chi connectivity index (χ1v) is 16.9. The van der Waals surface area contributed by atoms with Crippen LogP contribution in [0, 0.1) is 0 Å². The number of rotatable bonds is 4. The number of furan rings is 1. The van der Waals surface area contributed by atoms with Crippen LogP contribution in [0.1, 0.15) is 17.3 Å². The number of amidine groups is 1. The Kier molecular flexibility index (Phi) is 6.49. The number of aromatic nitrogens is 1. The SMILES string of the molecule is c1ccc(-c2ccc3c(c2)c2ccccc2n3C2=NC(c3cccc(-c4ccc5c(c4)oc4ccccc45)c3)=[NH+]C(c3ccccc3)N2)cc1. The Morgan fingerprint density at radius 3 is 2.00 bits per heavy atom. The van der Waals surface area contributed by atoms with E-state index in [1.165, 1.54) is 21.9 Å². The highest BCUT2D eigenvalue weighted by atomic mass is 16.3. The zero-order chi connectivity index (χ0) is 33.0. The van der Waals surface area contributed by atoms with Crippen molar-refractivity contribution in [1.82, 2.24) is 9.88 Å². The van der Waals surface area contributed by atoms with Crippen LogP contribution in [0.25, 0.3) is 66.0 Å². The molecule has 9 aromatic rings. The fourth-order valence-electron chi connectivity index (χ4n) is 7.31. The summed E-state index contributed by atoms with van der Waals surface area (Å²) < 4.78 is 8.49. The van der Waals surface area contributed by atoms with Crippen molar-refractivity contribution in [3.05, 3.63) is 181 Å². The van der Waals surface area contributed by atoms with Gasteiger partial charge in [-0.25, -0.2) is 4.99 Å². The van der Waals surface area contributed by atoms with Gasteiger partial charge in [-0.05, 0) is 75.8 Å². The van der Waals surface area contributed by atoms with E-state index in [1.54, 1.807) is 0 Å². The predicted molar refractivity (Wildman–Crippen MR) is 204 cm³/mol. The molecule has 50 heavy (non-hydrogen) atoms. The van der Waals surface area contributed by atoms with Crippen molar-refractivity contribution in [3.8, 4) is 22.3 Å². The summed E-state index contributed by atoms with van der Waals surface area (Å²) in [4.78, 5) is 9.04. The molecule has 0 bridgehead atoms. The van der Waals surface area contributed by atoms with Gasteiger partial charge in [-0.15, -0.1) is 0 Å². The van der Waals surface area contributed by atoms with Crippen LogP contribution < -0.4 is 10.3 Å². The van der Waals surface area contributed by atoms with Gasteiger partial charge in [0.05, 0.1) is 16.6 Å². The van der Waals surface area contributed by atoms with Crippen LogP contribution in [-0.2, 0) is 0 Å². The second-order valence-corrected chi connectivity index (χ2v) is 12.8. The average Bonchev–Trinajstić information content (AvgIpc) is 3.73. The quantitative estimate of drug-likeness (QED) is 0.201. The summed E-state index contributed by atoms with van der Waals surface area (Å²) in [7, 11) is 0. The Balaban J connectivity index is 1.12. The number of para-hydroxylation sites is 2. The van der Waals surface area contributed by atoms with Gasteiger partial charge in [0.2, 0.25) is 0 Å². The highest BCUT2D eigenvalue weighted by molar-refractivity contribution is 6.17. The first-order chi connectivity index (χ1) is 24.8. The summed E-state index contributed by atoms with van der Waals surface area (Å²) in [6.45, 7) is 0. The highest BCUT2D eigenvalue weighted by Gasteiger charge is 2.30. The second-order valence-electron chi connectivity index (χ2n) is 12.8. The smallest absolute Gasteiger partial charge is 0.330 e. The molecule has 10 rings (SSSR count). The summed E-state index contributed by atoms with van der Waals surface area (Å²) in [6.07, 6.45) is -0.200. The molecule has 3 heterocycles. The van der Waals surface area contributed by atoms with Gasteiger partial charge in [0.25, 0.3) is 0 Å². The molecule has 2 N–H and O–H groups in total. The van der Waals surface area contributed by atoms with Gasteiger partial charge in [-0.2, -0.15) is 0 Å². The molecule has 7 aromatic carbocycles. The minimum absolute atomic E-state index is 0.200. The van der Waals surface area contributed by atoms with Crippen LogP contribution in [0.2, 0.25) is 0 Å². The minimum atomic E-state index is -0.200. The van der Waals surface area contributed by atoms with Gasteiger partial charge in [-0.3, -0.25) is 9.88 Å². The second kappa shape index (κ2) is 11.5. The van der Waals surface area contributed by atoms with E-state index in [2.05, 4.69) is 167 Å². The van der Waals surface area contributed by atoms with E-state index in [0.717, 1.165) is 67.0 Å². The van der Waals surface area contributed by atoms with E-state index in [-0.39, 0.29) is 6.17 Å². The first-order valence-electron chi connectivity index (χ1n) is 16.9. The van der Waals surface area contributed by atoms with Gasteiger partial charge < -0.3 is 4.42 Å². The Bertz CT molecular complexity index is 2790. The van der Waals surface area contributed by atoms with Crippen LogP contribution in [0.4, 0.5) is 0 Å². The fourth-order valence-corrected chi connectivity index (χ4v) is 7.31. The van der Waals surface area contributed by atoms with E-state index < -0.39 is 0 Å². The molecular formula is C45H31N4O+. The van der Waals surface area contributed by atoms with Gasteiger partial charge in [0.1, 0.15) is 11.2 Å². The normalized spacial score (nSPS) is 14.6. The molecule has 236 valence electrons. The molecule has 5 heteroatoms. The van der Waals surface area contributed by atoms with Crippen LogP contribution in [-0.4, -0.2) is 16.4 Å². The van der Waals surface area contributed by atoms with Gasteiger partial charge in [0, 0.05) is 27.1 Å². The van der Waals surface area contributed by atoms with E-state index in [4.69, 9.17) is 9.41 Å². The molecule has 0 amide bonds. The van der Waals surface area contributed by atoms with Crippen molar-refractivity contribution in [1.29, 1.82) is 0 Å². The van der Waals surface area contributed by atoms with Crippen molar-refractivity contribution >= 4 is 55.5 Å². The van der Waals surface area contributed by atoms with Gasteiger partial charge >= 0.3 is 11.8 Å². The van der Waals surface area contributed by atoms with Crippen molar-refractivity contribution < 1.29 is 9.41 Å². The van der Waals surface area contributed by atoms with Crippen molar-refractivity contribution in [2.24, 2.45) is 4.99 Å². The first kappa shape index (κ1) is 28.3. The zero-order valence-electron chi connectivity index (χ0n) is 27.0. The summed E-state index contributed by atoms with van der Waals surface area (Å²) >= 11 is 0. The van der Waals surface area contributed by atoms with Crippen LogP contribution in [0.3, 0.4) is 0 Å². The third kappa shape index (κ3) is 4.71. The lowest BCUT2D eigenvalue weighted by Crippen LogP contribution is -2.81. The highest BCUT2D eigenvalue weighted by Crippen LogP contribution is 2.34. The van der Waals surface area contributed by atoms with E-state index in [9.17, 15) is 0 Å². The molecule has 0 radical (unpaired) electrons. The molecule has 1 atom stereocenters. The van der Waals surface area contributed by atoms with E-state index >= 15 is 0 Å². The topological polar surface area (TPSA) is 56.4 Å². The fraction of sp³-hybridized carbons (Fsp3) is 0.0222. The van der Waals surface area contributed by atoms with Crippen molar-refractivity contribution in [2.45, 2.75) is 6.17 Å². The van der Waals surface area contributed by atoms with Crippen LogP contribution in [0.5, 0.6) is 0 Å². The Hall–Kier alpha value is -6.72. The molecule has 1 aliphatic rings. The molecular weight excluding hydrogens is 613 g/mol.